The van der Waals surface area contributed by atoms with Crippen LogP contribution >= 0.6 is 0 Å². The fraction of sp³-hybridized carbons (Fsp3) is 0.500. The third-order valence-corrected chi connectivity index (χ3v) is 8.47. The van der Waals surface area contributed by atoms with Crippen molar-refractivity contribution in [2.24, 2.45) is 0 Å². The molecule has 1 N–H and O–H groups in total. The predicted molar refractivity (Wildman–Crippen MR) is 170 cm³/mol. The van der Waals surface area contributed by atoms with Crippen LogP contribution < -0.4 is 14.8 Å². The normalized spacial score (nSPS) is 22.1. The standard InChI is InChI=1S/C32H38N12O3/c1-21-16-42(17-22(2)46-21)27-6-8-28(9-7-27)44-19-29(31(39-44)45-11-10-33)38-32-35-14-26(15-36-32)24-4-5-25(13-34)30(12-24)47-23(3)18-43-20-37-40-41-43/h4-5,12,14-15,19-23,27-28H,6-9,11,16-18H2,1-3H3,(H,35,36,38)/t21-,22+,23-,27-,28-/m0/s1. The molecule has 1 saturated heterocycles. The minimum Gasteiger partial charge on any atom is -0.487 e. The van der Waals surface area contributed by atoms with Crippen molar-refractivity contribution in [3.8, 4) is 34.9 Å². The van der Waals surface area contributed by atoms with E-state index in [-0.39, 0.29) is 31.0 Å². The lowest BCUT2D eigenvalue weighted by molar-refractivity contribution is -0.0852. The number of nitrogens with one attached hydrogen (secondary N) is 1. The molecule has 15 nitrogen and oxygen atoms in total. The highest BCUT2D eigenvalue weighted by Crippen LogP contribution is 2.35. The van der Waals surface area contributed by atoms with E-state index < -0.39 is 0 Å². The van der Waals surface area contributed by atoms with Gasteiger partial charge in [0.25, 0.3) is 5.88 Å². The van der Waals surface area contributed by atoms with E-state index in [0.717, 1.165) is 49.9 Å². The van der Waals surface area contributed by atoms with Crippen molar-refractivity contribution in [2.75, 3.05) is 25.0 Å². The van der Waals surface area contributed by atoms with Crippen LogP contribution in [0.5, 0.6) is 11.6 Å². The number of aromatic nitrogens is 8. The zero-order valence-corrected chi connectivity index (χ0v) is 26.7. The summed E-state index contributed by atoms with van der Waals surface area (Å²) in [6.45, 7) is 8.43. The van der Waals surface area contributed by atoms with Gasteiger partial charge in [-0.3, -0.25) is 9.58 Å². The molecule has 1 aliphatic heterocycles. The molecule has 0 bridgehead atoms. The second kappa shape index (κ2) is 14.5. The predicted octanol–water partition coefficient (Wildman–Crippen LogP) is 3.90. The van der Waals surface area contributed by atoms with Crippen LogP contribution in [0.15, 0.2) is 43.1 Å². The first-order valence-corrected chi connectivity index (χ1v) is 15.9. The topological polar surface area (TPSA) is 178 Å². The Bertz CT molecular complexity index is 1690. The number of nitrogens with zero attached hydrogens (tertiary/aromatic N) is 11. The van der Waals surface area contributed by atoms with Crippen LogP contribution in [0, 0.1) is 22.7 Å². The second-order valence-electron chi connectivity index (χ2n) is 12.2. The van der Waals surface area contributed by atoms with Crippen molar-refractivity contribution in [1.82, 2.24) is 44.9 Å². The number of ether oxygens (including phenoxy) is 3. The molecule has 2 fully saturated rings. The summed E-state index contributed by atoms with van der Waals surface area (Å²) in [5, 5.41) is 37.8. The Kier molecular flexibility index (Phi) is 9.85. The summed E-state index contributed by atoms with van der Waals surface area (Å²) in [4.78, 5) is 11.6. The third kappa shape index (κ3) is 7.82. The van der Waals surface area contributed by atoms with Crippen molar-refractivity contribution in [2.45, 2.75) is 83.4 Å². The van der Waals surface area contributed by atoms with Gasteiger partial charge in [-0.1, -0.05) is 6.07 Å². The molecular weight excluding hydrogens is 600 g/mol. The van der Waals surface area contributed by atoms with Crippen LogP contribution in [0.2, 0.25) is 0 Å². The summed E-state index contributed by atoms with van der Waals surface area (Å²) in [5.41, 5.74) is 2.55. The monoisotopic (exact) mass is 638 g/mol. The van der Waals surface area contributed by atoms with E-state index in [1.165, 1.54) is 6.33 Å². The van der Waals surface area contributed by atoms with Crippen LogP contribution in [-0.4, -0.2) is 88.9 Å². The molecule has 4 heterocycles. The number of tetrazole rings is 1. The van der Waals surface area contributed by atoms with Crippen LogP contribution in [-0.2, 0) is 11.3 Å². The number of hydrogen-bond donors (Lipinski definition) is 1. The summed E-state index contributed by atoms with van der Waals surface area (Å²) in [6.07, 6.45) is 11.2. The van der Waals surface area contributed by atoms with Crippen LogP contribution in [0.25, 0.3) is 11.1 Å². The highest BCUT2D eigenvalue weighted by Gasteiger charge is 2.32. The minimum atomic E-state index is -0.283. The number of rotatable bonds is 11. The quantitative estimate of drug-likeness (QED) is 0.250. The number of anilines is 2. The Balaban J connectivity index is 1.12. The maximum Gasteiger partial charge on any atom is 0.257 e. The summed E-state index contributed by atoms with van der Waals surface area (Å²) in [7, 11) is 0. The van der Waals surface area contributed by atoms with E-state index in [0.29, 0.717) is 41.4 Å². The van der Waals surface area contributed by atoms with E-state index >= 15 is 0 Å². The van der Waals surface area contributed by atoms with Gasteiger partial charge in [0.2, 0.25) is 5.95 Å². The van der Waals surface area contributed by atoms with Gasteiger partial charge in [0.05, 0.1) is 36.6 Å². The largest absolute Gasteiger partial charge is 0.487 e. The first kappa shape index (κ1) is 31.8. The molecule has 0 radical (unpaired) electrons. The van der Waals surface area contributed by atoms with E-state index in [1.54, 1.807) is 29.2 Å². The second-order valence-corrected chi connectivity index (χ2v) is 12.2. The lowest BCUT2D eigenvalue weighted by atomic mass is 9.89. The zero-order chi connectivity index (χ0) is 32.8. The highest BCUT2D eigenvalue weighted by atomic mass is 16.5. The summed E-state index contributed by atoms with van der Waals surface area (Å²) >= 11 is 0. The number of morpholine rings is 1. The van der Waals surface area contributed by atoms with Crippen molar-refractivity contribution < 1.29 is 14.2 Å². The minimum absolute atomic E-state index is 0.122. The molecule has 6 rings (SSSR count). The molecule has 3 aromatic heterocycles. The van der Waals surface area contributed by atoms with E-state index in [1.807, 2.05) is 29.9 Å². The SMILES string of the molecule is C[C@@H]1CN([C@H]2CC[C@H](n3cc(Nc4ncc(-c5ccc(C#N)c(O[C@@H](C)Cn6cnnn6)c5)cn4)c(OCC#N)n3)CC2)C[C@H](C)O1. The Hall–Kier alpha value is -5.12. The van der Waals surface area contributed by atoms with Crippen molar-refractivity contribution in [3.05, 3.63) is 48.7 Å². The Morgan fingerprint density at radius 2 is 1.79 bits per heavy atom. The molecule has 3 atom stereocenters. The third-order valence-electron chi connectivity index (χ3n) is 8.47. The molecule has 1 saturated carbocycles. The molecule has 1 aromatic carbocycles. The van der Waals surface area contributed by atoms with Gasteiger partial charge in [0.1, 0.15) is 36.0 Å². The molecule has 0 spiro atoms. The van der Waals surface area contributed by atoms with Gasteiger partial charge in [-0.05, 0) is 74.6 Å². The fourth-order valence-corrected chi connectivity index (χ4v) is 6.39. The smallest absolute Gasteiger partial charge is 0.257 e. The molecule has 15 heteroatoms. The molecule has 4 aromatic rings. The first-order valence-electron chi connectivity index (χ1n) is 15.9. The van der Waals surface area contributed by atoms with Gasteiger partial charge in [-0.2, -0.15) is 10.5 Å². The molecule has 2 aliphatic rings. The van der Waals surface area contributed by atoms with Gasteiger partial charge in [-0.15, -0.1) is 10.2 Å². The number of hydrogen-bond acceptors (Lipinski definition) is 13. The summed E-state index contributed by atoms with van der Waals surface area (Å²) in [6, 6.07) is 10.3. The van der Waals surface area contributed by atoms with Gasteiger partial charge >= 0.3 is 0 Å². The Morgan fingerprint density at radius 1 is 1.04 bits per heavy atom. The van der Waals surface area contributed by atoms with Crippen molar-refractivity contribution in [3.63, 3.8) is 0 Å². The average Bonchev–Trinajstić information content (AvgIpc) is 3.73. The summed E-state index contributed by atoms with van der Waals surface area (Å²) < 4.78 is 21.2. The van der Waals surface area contributed by atoms with Crippen molar-refractivity contribution >= 4 is 11.6 Å². The Morgan fingerprint density at radius 3 is 2.47 bits per heavy atom. The maximum atomic E-state index is 9.63. The molecule has 1 aliphatic carbocycles. The molecule has 0 amide bonds. The molecular formula is C32H38N12O3. The van der Waals surface area contributed by atoms with E-state index in [4.69, 9.17) is 24.6 Å². The lowest BCUT2D eigenvalue weighted by Crippen LogP contribution is -2.51. The lowest BCUT2D eigenvalue weighted by Gasteiger charge is -2.42. The van der Waals surface area contributed by atoms with Gasteiger partial charge < -0.3 is 19.5 Å². The maximum absolute atomic E-state index is 9.63. The summed E-state index contributed by atoms with van der Waals surface area (Å²) in [5.74, 6) is 1.14. The van der Waals surface area contributed by atoms with Gasteiger partial charge in [0.15, 0.2) is 6.61 Å². The zero-order valence-electron chi connectivity index (χ0n) is 26.7. The van der Waals surface area contributed by atoms with E-state index in [2.05, 4.69) is 55.6 Å². The fourth-order valence-electron chi connectivity index (χ4n) is 6.39. The first-order chi connectivity index (χ1) is 22.9. The highest BCUT2D eigenvalue weighted by molar-refractivity contribution is 5.67. The molecule has 0 unspecified atom stereocenters. The number of nitriles is 2. The number of benzene rings is 1. The molecule has 244 valence electrons. The van der Waals surface area contributed by atoms with Crippen molar-refractivity contribution in [1.29, 1.82) is 10.5 Å². The molecule has 47 heavy (non-hydrogen) atoms. The Labute approximate surface area is 273 Å². The van der Waals surface area contributed by atoms with Gasteiger partial charge in [-0.25, -0.2) is 14.6 Å². The average molecular weight is 639 g/mol. The van der Waals surface area contributed by atoms with Crippen LogP contribution in [0.4, 0.5) is 11.6 Å². The van der Waals surface area contributed by atoms with Gasteiger partial charge in [0, 0.05) is 37.1 Å². The van der Waals surface area contributed by atoms with Crippen LogP contribution in [0.3, 0.4) is 0 Å². The van der Waals surface area contributed by atoms with E-state index in [9.17, 15) is 5.26 Å². The van der Waals surface area contributed by atoms with Crippen LogP contribution in [0.1, 0.15) is 58.1 Å².